The van der Waals surface area contributed by atoms with Gasteiger partial charge >= 0.3 is 0 Å². The first-order chi connectivity index (χ1) is 13.1. The van der Waals surface area contributed by atoms with Crippen molar-refractivity contribution in [1.29, 1.82) is 0 Å². The smallest absolute Gasteiger partial charge is 0.226 e. The van der Waals surface area contributed by atoms with Gasteiger partial charge in [0.05, 0.1) is 6.04 Å². The van der Waals surface area contributed by atoms with Crippen LogP contribution in [0, 0.1) is 18.8 Å². The van der Waals surface area contributed by atoms with E-state index in [1.165, 1.54) is 12.8 Å². The topological polar surface area (TPSA) is 66.7 Å². The molecule has 3 aliphatic rings. The quantitative estimate of drug-likeness (QED) is 0.814. The molecule has 0 unspecified atom stereocenters. The van der Waals surface area contributed by atoms with Crippen molar-refractivity contribution in [2.45, 2.75) is 70.8 Å². The minimum absolute atomic E-state index is 0.0335. The van der Waals surface area contributed by atoms with E-state index in [1.807, 2.05) is 22.8 Å². The van der Waals surface area contributed by atoms with Crippen LogP contribution >= 0.6 is 0 Å². The number of hydrogen-bond donors (Lipinski definition) is 0. The number of nitrogens with zero attached hydrogens (tertiary/aromatic N) is 3. The molecule has 2 aliphatic heterocycles. The summed E-state index contributed by atoms with van der Waals surface area (Å²) in [5.41, 5.74) is 0.884. The maximum atomic E-state index is 13.2. The predicted octanol–water partition coefficient (Wildman–Crippen LogP) is 3.47. The Morgan fingerprint density at radius 1 is 0.926 bits per heavy atom. The molecule has 0 radical (unpaired) electrons. The van der Waals surface area contributed by atoms with Crippen molar-refractivity contribution in [2.24, 2.45) is 11.8 Å². The van der Waals surface area contributed by atoms with E-state index in [-0.39, 0.29) is 23.8 Å². The van der Waals surface area contributed by atoms with Gasteiger partial charge in [0, 0.05) is 37.5 Å². The molecule has 1 aromatic heterocycles. The molecule has 1 aliphatic carbocycles. The van der Waals surface area contributed by atoms with E-state index >= 15 is 0 Å². The van der Waals surface area contributed by atoms with Gasteiger partial charge in [-0.3, -0.25) is 9.59 Å². The molecule has 1 aromatic rings. The molecule has 3 fully saturated rings. The summed E-state index contributed by atoms with van der Waals surface area (Å²) < 4.78 is 5.25. The van der Waals surface area contributed by atoms with Crippen molar-refractivity contribution in [2.75, 3.05) is 19.6 Å². The van der Waals surface area contributed by atoms with Crippen molar-refractivity contribution >= 4 is 11.8 Å². The average molecular weight is 373 g/mol. The zero-order chi connectivity index (χ0) is 18.8. The Morgan fingerprint density at radius 2 is 1.59 bits per heavy atom. The van der Waals surface area contributed by atoms with E-state index in [2.05, 4.69) is 5.16 Å². The zero-order valence-electron chi connectivity index (χ0n) is 16.4. The molecule has 2 saturated heterocycles. The molecule has 0 bridgehead atoms. The standard InChI is InChI=1S/C21H31N3O3/c1-15-14-18(22-27-15)19-8-4-5-11-24(19)21(26)17-9-12-23(13-10-17)20(25)16-6-2-3-7-16/h14,16-17,19H,2-13H2,1H3/t19-/m0/s1. The SMILES string of the molecule is Cc1cc([C@@H]2CCCCN2C(=O)C2CCN(C(=O)C3CCCC3)CC2)no1. The monoisotopic (exact) mass is 373 g/mol. The highest BCUT2D eigenvalue weighted by Gasteiger charge is 2.37. The van der Waals surface area contributed by atoms with Crippen molar-refractivity contribution in [3.63, 3.8) is 0 Å². The third-order valence-corrected chi connectivity index (χ3v) is 6.63. The summed E-state index contributed by atoms with van der Waals surface area (Å²) in [5, 5.41) is 4.17. The van der Waals surface area contributed by atoms with Gasteiger partial charge in [-0.05, 0) is 51.9 Å². The van der Waals surface area contributed by atoms with E-state index in [1.54, 1.807) is 0 Å². The van der Waals surface area contributed by atoms with Gasteiger partial charge in [-0.15, -0.1) is 0 Å². The third-order valence-electron chi connectivity index (χ3n) is 6.63. The molecule has 0 N–H and O–H groups in total. The van der Waals surface area contributed by atoms with Gasteiger partial charge in [0.15, 0.2) is 0 Å². The summed E-state index contributed by atoms with van der Waals surface area (Å²) in [4.78, 5) is 29.9. The molecule has 6 nitrogen and oxygen atoms in total. The minimum atomic E-state index is 0.0335. The Bertz CT molecular complexity index is 672. The number of hydrogen-bond acceptors (Lipinski definition) is 4. The number of carbonyl (C=O) groups is 2. The van der Waals surface area contributed by atoms with Gasteiger partial charge in [0.2, 0.25) is 11.8 Å². The molecular weight excluding hydrogens is 342 g/mol. The van der Waals surface area contributed by atoms with Crippen molar-refractivity contribution in [3.8, 4) is 0 Å². The van der Waals surface area contributed by atoms with Crippen molar-refractivity contribution in [3.05, 3.63) is 17.5 Å². The Morgan fingerprint density at radius 3 is 2.26 bits per heavy atom. The van der Waals surface area contributed by atoms with Gasteiger partial charge in [-0.1, -0.05) is 18.0 Å². The second kappa shape index (κ2) is 8.03. The Kier molecular flexibility index (Phi) is 5.50. The summed E-state index contributed by atoms with van der Waals surface area (Å²) in [6.45, 7) is 4.15. The number of rotatable bonds is 3. The largest absolute Gasteiger partial charge is 0.361 e. The van der Waals surface area contributed by atoms with Gasteiger partial charge in [0.25, 0.3) is 0 Å². The van der Waals surface area contributed by atoms with Crippen LogP contribution in [0.15, 0.2) is 10.6 Å². The molecule has 2 amide bonds. The van der Waals surface area contributed by atoms with Crippen LogP contribution in [0.2, 0.25) is 0 Å². The van der Waals surface area contributed by atoms with Crippen LogP contribution in [0.25, 0.3) is 0 Å². The minimum Gasteiger partial charge on any atom is -0.361 e. The Balaban J connectivity index is 1.37. The molecular formula is C21H31N3O3. The van der Waals surface area contributed by atoms with E-state index in [9.17, 15) is 9.59 Å². The van der Waals surface area contributed by atoms with E-state index in [0.29, 0.717) is 5.91 Å². The molecule has 1 saturated carbocycles. The molecule has 27 heavy (non-hydrogen) atoms. The Labute approximate surface area is 161 Å². The van der Waals surface area contributed by atoms with E-state index in [0.717, 1.165) is 76.0 Å². The first-order valence-corrected chi connectivity index (χ1v) is 10.7. The predicted molar refractivity (Wildman–Crippen MR) is 101 cm³/mol. The highest BCUT2D eigenvalue weighted by atomic mass is 16.5. The highest BCUT2D eigenvalue weighted by molar-refractivity contribution is 5.81. The number of likely N-dealkylation sites (tertiary alicyclic amines) is 2. The summed E-state index contributed by atoms with van der Waals surface area (Å²) in [6, 6.07) is 2.00. The van der Waals surface area contributed by atoms with Gasteiger partial charge < -0.3 is 14.3 Å². The van der Waals surface area contributed by atoms with Crippen LogP contribution in [0.3, 0.4) is 0 Å². The number of piperidine rings is 2. The van der Waals surface area contributed by atoms with Crippen LogP contribution < -0.4 is 0 Å². The van der Waals surface area contributed by atoms with E-state index < -0.39 is 0 Å². The molecule has 3 heterocycles. The van der Waals surface area contributed by atoms with Crippen molar-refractivity contribution in [1.82, 2.24) is 15.0 Å². The molecule has 0 aromatic carbocycles. The van der Waals surface area contributed by atoms with E-state index in [4.69, 9.17) is 4.52 Å². The van der Waals surface area contributed by atoms with Gasteiger partial charge in [-0.2, -0.15) is 0 Å². The second-order valence-electron chi connectivity index (χ2n) is 8.49. The lowest BCUT2D eigenvalue weighted by Crippen LogP contribution is -2.47. The average Bonchev–Trinajstić information content (AvgIpc) is 3.39. The molecule has 4 rings (SSSR count). The van der Waals surface area contributed by atoms with Crippen LogP contribution in [-0.2, 0) is 9.59 Å². The van der Waals surface area contributed by atoms with Gasteiger partial charge in [0.1, 0.15) is 11.5 Å². The lowest BCUT2D eigenvalue weighted by atomic mass is 9.91. The number of amides is 2. The maximum absolute atomic E-state index is 13.2. The summed E-state index contributed by atoms with van der Waals surface area (Å²) in [6.07, 6.45) is 9.17. The van der Waals surface area contributed by atoms with Crippen LogP contribution in [0.5, 0.6) is 0 Å². The molecule has 0 spiro atoms. The summed E-state index contributed by atoms with van der Waals surface area (Å²) >= 11 is 0. The van der Waals surface area contributed by atoms with Crippen LogP contribution in [-0.4, -0.2) is 46.4 Å². The molecule has 1 atom stereocenters. The van der Waals surface area contributed by atoms with Crippen molar-refractivity contribution < 1.29 is 14.1 Å². The number of aryl methyl sites for hydroxylation is 1. The van der Waals surface area contributed by atoms with Crippen LogP contribution in [0.4, 0.5) is 0 Å². The second-order valence-corrected chi connectivity index (χ2v) is 8.49. The lowest BCUT2D eigenvalue weighted by molar-refractivity contribution is -0.145. The third kappa shape index (κ3) is 3.90. The normalized spacial score (nSPS) is 25.1. The zero-order valence-corrected chi connectivity index (χ0v) is 16.4. The highest BCUT2D eigenvalue weighted by Crippen LogP contribution is 2.34. The number of aromatic nitrogens is 1. The summed E-state index contributed by atoms with van der Waals surface area (Å²) in [5.74, 6) is 1.63. The molecule has 148 valence electrons. The van der Waals surface area contributed by atoms with Gasteiger partial charge in [-0.25, -0.2) is 0 Å². The first kappa shape index (κ1) is 18.5. The fourth-order valence-electron chi connectivity index (χ4n) is 5.06. The van der Waals surface area contributed by atoms with Crippen LogP contribution in [0.1, 0.15) is 75.3 Å². The molecule has 6 heteroatoms. The fraction of sp³-hybridized carbons (Fsp3) is 0.762. The Hall–Kier alpha value is -1.85. The fourth-order valence-corrected chi connectivity index (χ4v) is 5.06. The maximum Gasteiger partial charge on any atom is 0.226 e. The summed E-state index contributed by atoms with van der Waals surface area (Å²) in [7, 11) is 0. The number of carbonyl (C=O) groups excluding carboxylic acids is 2. The first-order valence-electron chi connectivity index (χ1n) is 10.7. The lowest BCUT2D eigenvalue weighted by Gasteiger charge is -2.39.